The number of nitrogens with zero attached hydrogens (tertiary/aromatic N) is 2. The number of benzene rings is 3. The van der Waals surface area contributed by atoms with Gasteiger partial charge in [0.25, 0.3) is 0 Å². The number of piperidine rings is 1. The van der Waals surface area contributed by atoms with E-state index in [0.717, 1.165) is 69.3 Å². The lowest BCUT2D eigenvalue weighted by molar-refractivity contribution is 0.122. The van der Waals surface area contributed by atoms with Crippen molar-refractivity contribution in [2.24, 2.45) is 0 Å². The van der Waals surface area contributed by atoms with Crippen molar-refractivity contribution in [3.8, 4) is 11.5 Å². The van der Waals surface area contributed by atoms with Gasteiger partial charge in [-0.15, -0.1) is 0 Å². The summed E-state index contributed by atoms with van der Waals surface area (Å²) in [5.74, 6) is -0.210. The number of likely N-dealkylation sites (tertiary alicyclic amines) is 1. The molecule has 41 heavy (non-hydrogen) atoms. The number of unbranched alkanes of at least 4 members (excludes halogenated alkanes) is 1. The van der Waals surface area contributed by atoms with Crippen molar-refractivity contribution < 1.29 is 26.7 Å². The Morgan fingerprint density at radius 1 is 1.00 bits per heavy atom. The molecule has 0 aromatic heterocycles. The van der Waals surface area contributed by atoms with Crippen molar-refractivity contribution >= 4 is 27.4 Å². The number of ether oxygens (including phenoxy) is 1. The van der Waals surface area contributed by atoms with Crippen molar-refractivity contribution in [2.45, 2.75) is 45.2 Å². The molecule has 3 aromatic carbocycles. The summed E-state index contributed by atoms with van der Waals surface area (Å²) in [7, 11) is -3.33. The summed E-state index contributed by atoms with van der Waals surface area (Å²) in [5.41, 5.74) is 1.58. The third kappa shape index (κ3) is 9.15. The third-order valence-electron chi connectivity index (χ3n) is 6.91. The molecule has 4 rings (SSSR count). The maximum atomic E-state index is 14.1. The maximum absolute atomic E-state index is 14.1. The second-order valence-electron chi connectivity index (χ2n) is 10.3. The van der Waals surface area contributed by atoms with Crippen LogP contribution in [0.1, 0.15) is 38.2 Å². The summed E-state index contributed by atoms with van der Waals surface area (Å²) in [6, 6.07) is 17.3. The Balaban J connectivity index is 1.28. The predicted octanol–water partition coefficient (Wildman–Crippen LogP) is 6.43. The molecule has 0 aliphatic carbocycles. The van der Waals surface area contributed by atoms with Crippen LogP contribution < -0.4 is 14.8 Å². The van der Waals surface area contributed by atoms with E-state index in [1.54, 1.807) is 29.2 Å². The Labute approximate surface area is 240 Å². The van der Waals surface area contributed by atoms with Crippen LogP contribution in [0.15, 0.2) is 66.7 Å². The van der Waals surface area contributed by atoms with Gasteiger partial charge in [-0.1, -0.05) is 25.5 Å². The van der Waals surface area contributed by atoms with E-state index in [1.165, 1.54) is 6.07 Å². The molecule has 2 amide bonds. The third-order valence-corrected chi connectivity index (χ3v) is 7.51. The minimum Gasteiger partial charge on any atom is -0.457 e. The number of halogens is 2. The second kappa shape index (κ2) is 13.8. The minimum absolute atomic E-state index is 0.0243. The van der Waals surface area contributed by atoms with Gasteiger partial charge in [0.05, 0.1) is 11.9 Å². The summed E-state index contributed by atoms with van der Waals surface area (Å²) in [6.45, 7) is 5.04. The molecule has 11 heteroatoms. The molecule has 1 heterocycles. The molecule has 1 aliphatic heterocycles. The molecule has 0 radical (unpaired) electrons. The van der Waals surface area contributed by atoms with E-state index in [-0.39, 0.29) is 17.8 Å². The van der Waals surface area contributed by atoms with Gasteiger partial charge in [0.15, 0.2) is 0 Å². The zero-order valence-corrected chi connectivity index (χ0v) is 24.1. The van der Waals surface area contributed by atoms with Crippen LogP contribution in [0.25, 0.3) is 0 Å². The average molecular weight is 587 g/mol. The number of urea groups is 1. The zero-order chi connectivity index (χ0) is 29.4. The van der Waals surface area contributed by atoms with Crippen molar-refractivity contribution in [1.82, 2.24) is 9.80 Å². The van der Waals surface area contributed by atoms with Gasteiger partial charge in [-0.25, -0.2) is 22.0 Å². The SMILES string of the molecule is CCCCN(C(=O)Nc1ccc(F)cc1F)C1CCN(Cc2ccc(Oc3ccc(NS(C)(=O)=O)cc3)cc2)CC1. The molecule has 220 valence electrons. The largest absolute Gasteiger partial charge is 0.457 e. The van der Waals surface area contributed by atoms with E-state index < -0.39 is 21.7 Å². The summed E-state index contributed by atoms with van der Waals surface area (Å²) in [5, 5.41) is 2.62. The molecular formula is C30H36F2N4O4S. The molecule has 0 unspecified atom stereocenters. The maximum Gasteiger partial charge on any atom is 0.322 e. The number of carbonyl (C=O) groups excluding carboxylic acids is 1. The van der Waals surface area contributed by atoms with Gasteiger partial charge < -0.3 is 15.0 Å². The smallest absolute Gasteiger partial charge is 0.322 e. The molecule has 1 aliphatic rings. The van der Waals surface area contributed by atoms with Crippen molar-refractivity contribution in [3.05, 3.63) is 83.9 Å². The van der Waals surface area contributed by atoms with Crippen LogP contribution in [-0.4, -0.2) is 56.2 Å². The Morgan fingerprint density at radius 2 is 1.63 bits per heavy atom. The number of hydrogen-bond acceptors (Lipinski definition) is 5. The lowest BCUT2D eigenvalue weighted by atomic mass is 10.0. The Kier molecular flexibility index (Phi) is 10.2. The quantitative estimate of drug-likeness (QED) is 0.270. The fraction of sp³-hybridized carbons (Fsp3) is 0.367. The molecule has 0 spiro atoms. The van der Waals surface area contributed by atoms with E-state index >= 15 is 0 Å². The first-order valence-electron chi connectivity index (χ1n) is 13.7. The van der Waals surface area contributed by atoms with Gasteiger partial charge in [0.1, 0.15) is 23.1 Å². The summed E-state index contributed by atoms with van der Waals surface area (Å²) in [6.07, 6.45) is 4.47. The Morgan fingerprint density at radius 3 is 2.22 bits per heavy atom. The van der Waals surface area contributed by atoms with Gasteiger partial charge in [0.2, 0.25) is 10.0 Å². The minimum atomic E-state index is -3.33. The molecule has 1 fully saturated rings. The van der Waals surface area contributed by atoms with Gasteiger partial charge in [-0.2, -0.15) is 0 Å². The van der Waals surface area contributed by atoms with Crippen LogP contribution in [-0.2, 0) is 16.6 Å². The van der Waals surface area contributed by atoms with E-state index in [1.807, 2.05) is 24.3 Å². The molecule has 0 saturated carbocycles. The monoisotopic (exact) mass is 586 g/mol. The zero-order valence-electron chi connectivity index (χ0n) is 23.3. The van der Waals surface area contributed by atoms with Crippen LogP contribution in [0, 0.1) is 11.6 Å². The first-order valence-corrected chi connectivity index (χ1v) is 15.6. The van der Waals surface area contributed by atoms with E-state index in [2.05, 4.69) is 21.9 Å². The Bertz CT molecular complexity index is 1410. The number of nitrogens with one attached hydrogen (secondary N) is 2. The lowest BCUT2D eigenvalue weighted by Gasteiger charge is -2.38. The second-order valence-corrected chi connectivity index (χ2v) is 12.0. The molecule has 0 bridgehead atoms. The number of hydrogen-bond donors (Lipinski definition) is 2. The van der Waals surface area contributed by atoms with Crippen LogP contribution in [0.4, 0.5) is 25.0 Å². The van der Waals surface area contributed by atoms with E-state index in [9.17, 15) is 22.0 Å². The standard InChI is InChI=1S/C30H36F2N4O4S/c1-3-4-17-36(30(37)33-29-14-7-23(31)20-28(29)32)25-15-18-35(19-16-25)21-22-5-10-26(11-6-22)40-27-12-8-24(9-13-27)34-41(2,38)39/h5-14,20,25,34H,3-4,15-19,21H2,1-2H3,(H,33,37). The summed E-state index contributed by atoms with van der Waals surface area (Å²) >= 11 is 0. The number of amides is 2. The molecule has 8 nitrogen and oxygen atoms in total. The number of sulfonamides is 1. The topological polar surface area (TPSA) is 91.0 Å². The van der Waals surface area contributed by atoms with Crippen LogP contribution in [0.5, 0.6) is 11.5 Å². The average Bonchev–Trinajstić information content (AvgIpc) is 2.93. The highest BCUT2D eigenvalue weighted by atomic mass is 32.2. The van der Waals surface area contributed by atoms with Crippen molar-refractivity contribution in [1.29, 1.82) is 0 Å². The van der Waals surface area contributed by atoms with Gasteiger partial charge in [-0.3, -0.25) is 9.62 Å². The molecule has 0 atom stereocenters. The number of rotatable bonds is 11. The van der Waals surface area contributed by atoms with Crippen LogP contribution in [0.2, 0.25) is 0 Å². The van der Waals surface area contributed by atoms with Crippen molar-refractivity contribution in [3.63, 3.8) is 0 Å². The van der Waals surface area contributed by atoms with E-state index in [4.69, 9.17) is 4.74 Å². The van der Waals surface area contributed by atoms with Crippen LogP contribution >= 0.6 is 0 Å². The normalized spacial score (nSPS) is 14.4. The Hall–Kier alpha value is -3.70. The van der Waals surface area contributed by atoms with Crippen molar-refractivity contribution in [2.75, 3.05) is 35.9 Å². The number of carbonyl (C=O) groups is 1. The highest BCUT2D eigenvalue weighted by molar-refractivity contribution is 7.92. The molecule has 3 aromatic rings. The highest BCUT2D eigenvalue weighted by Gasteiger charge is 2.28. The van der Waals surface area contributed by atoms with Gasteiger partial charge in [0, 0.05) is 44.0 Å². The first-order chi connectivity index (χ1) is 19.6. The van der Waals surface area contributed by atoms with Gasteiger partial charge in [-0.05, 0) is 73.4 Å². The molecule has 2 N–H and O–H groups in total. The lowest BCUT2D eigenvalue weighted by Crippen LogP contribution is -2.49. The van der Waals surface area contributed by atoms with Gasteiger partial charge >= 0.3 is 6.03 Å². The summed E-state index contributed by atoms with van der Waals surface area (Å²) in [4.78, 5) is 17.2. The highest BCUT2D eigenvalue weighted by Crippen LogP contribution is 2.25. The van der Waals surface area contributed by atoms with Crippen LogP contribution in [0.3, 0.4) is 0 Å². The summed E-state index contributed by atoms with van der Waals surface area (Å²) < 4.78 is 58.4. The fourth-order valence-electron chi connectivity index (χ4n) is 4.81. The number of anilines is 2. The fourth-order valence-corrected chi connectivity index (χ4v) is 5.37. The first kappa shape index (κ1) is 30.3. The molecular weight excluding hydrogens is 550 g/mol. The molecule has 1 saturated heterocycles. The predicted molar refractivity (Wildman–Crippen MR) is 157 cm³/mol. The van der Waals surface area contributed by atoms with E-state index in [0.29, 0.717) is 23.7 Å².